The van der Waals surface area contributed by atoms with E-state index in [2.05, 4.69) is 0 Å². The molecule has 1 aromatic rings. The highest BCUT2D eigenvalue weighted by atomic mass is 19.1. The summed E-state index contributed by atoms with van der Waals surface area (Å²) in [4.78, 5) is 11.2. The second-order valence-electron chi connectivity index (χ2n) is 3.43. The monoisotopic (exact) mass is 226 g/mol. The first-order chi connectivity index (χ1) is 7.72. The van der Waals surface area contributed by atoms with Crippen LogP contribution >= 0.6 is 0 Å². The number of ether oxygens (including phenoxy) is 1. The number of esters is 1. The van der Waals surface area contributed by atoms with E-state index >= 15 is 0 Å². The third-order valence-corrected chi connectivity index (χ3v) is 2.07. The third-order valence-electron chi connectivity index (χ3n) is 2.07. The van der Waals surface area contributed by atoms with E-state index in [1.165, 1.54) is 12.1 Å². The van der Waals surface area contributed by atoms with Crippen LogP contribution in [0.1, 0.15) is 18.4 Å². The van der Waals surface area contributed by atoms with Gasteiger partial charge in [-0.1, -0.05) is 12.1 Å². The largest absolute Gasteiger partial charge is 0.466 e. The first-order valence-corrected chi connectivity index (χ1v) is 5.23. The molecular formula is C12H15FO3. The Labute approximate surface area is 93.9 Å². The normalized spacial score (nSPS) is 10.1. The predicted molar refractivity (Wildman–Crippen MR) is 57.4 cm³/mol. The van der Waals surface area contributed by atoms with Gasteiger partial charge in [-0.05, 0) is 24.1 Å². The second-order valence-corrected chi connectivity index (χ2v) is 3.43. The van der Waals surface area contributed by atoms with Crippen molar-refractivity contribution >= 4 is 5.97 Å². The lowest BCUT2D eigenvalue weighted by Crippen LogP contribution is -2.08. The molecule has 0 unspecified atom stereocenters. The molecule has 0 spiro atoms. The Morgan fingerprint density at radius 1 is 1.44 bits per heavy atom. The lowest BCUT2D eigenvalue weighted by atomic mass is 10.1. The van der Waals surface area contributed by atoms with E-state index < -0.39 is 0 Å². The summed E-state index contributed by atoms with van der Waals surface area (Å²) in [6.07, 6.45) is 1.15. The van der Waals surface area contributed by atoms with Gasteiger partial charge in [0.25, 0.3) is 0 Å². The van der Waals surface area contributed by atoms with Crippen molar-refractivity contribution in [3.8, 4) is 0 Å². The van der Waals surface area contributed by atoms with Crippen LogP contribution in [-0.4, -0.2) is 24.3 Å². The van der Waals surface area contributed by atoms with Gasteiger partial charge >= 0.3 is 5.97 Å². The van der Waals surface area contributed by atoms with E-state index in [0.717, 1.165) is 5.56 Å². The van der Waals surface area contributed by atoms with E-state index in [4.69, 9.17) is 9.84 Å². The summed E-state index contributed by atoms with van der Waals surface area (Å²) in [6, 6.07) is 6.15. The third kappa shape index (κ3) is 4.89. The van der Waals surface area contributed by atoms with Gasteiger partial charge in [0.15, 0.2) is 0 Å². The average molecular weight is 226 g/mol. The Kier molecular flexibility index (Phi) is 5.50. The molecule has 16 heavy (non-hydrogen) atoms. The fourth-order valence-electron chi connectivity index (χ4n) is 1.26. The van der Waals surface area contributed by atoms with Gasteiger partial charge in [0.1, 0.15) is 5.82 Å². The molecule has 0 aliphatic carbocycles. The van der Waals surface area contributed by atoms with Crippen LogP contribution in [-0.2, 0) is 16.0 Å². The van der Waals surface area contributed by atoms with Crippen LogP contribution in [0.4, 0.5) is 4.39 Å². The SMILES string of the molecule is O=C(CCc1cccc(F)c1)OCCCO. The van der Waals surface area contributed by atoms with Crippen LogP contribution in [0.3, 0.4) is 0 Å². The van der Waals surface area contributed by atoms with Crippen molar-refractivity contribution in [3.05, 3.63) is 35.6 Å². The highest BCUT2D eigenvalue weighted by Crippen LogP contribution is 2.06. The number of aliphatic hydroxyl groups excluding tert-OH is 1. The Morgan fingerprint density at radius 2 is 2.25 bits per heavy atom. The summed E-state index contributed by atoms with van der Waals surface area (Å²) in [6.45, 7) is 0.246. The van der Waals surface area contributed by atoms with Crippen LogP contribution in [0.5, 0.6) is 0 Å². The molecule has 4 heteroatoms. The lowest BCUT2D eigenvalue weighted by Gasteiger charge is -2.03. The quantitative estimate of drug-likeness (QED) is 0.593. The van der Waals surface area contributed by atoms with Crippen LogP contribution < -0.4 is 0 Å². The summed E-state index contributed by atoms with van der Waals surface area (Å²) in [7, 11) is 0. The summed E-state index contributed by atoms with van der Waals surface area (Å²) in [5, 5.41) is 8.48. The van der Waals surface area contributed by atoms with E-state index in [1.807, 2.05) is 0 Å². The Bertz CT molecular complexity index is 339. The maximum atomic E-state index is 12.8. The molecule has 0 aliphatic rings. The molecule has 3 nitrogen and oxygen atoms in total. The molecule has 88 valence electrons. The van der Waals surface area contributed by atoms with Crippen LogP contribution in [0.15, 0.2) is 24.3 Å². The smallest absolute Gasteiger partial charge is 0.306 e. The fourth-order valence-corrected chi connectivity index (χ4v) is 1.26. The molecule has 1 aromatic carbocycles. The molecule has 0 aromatic heterocycles. The molecule has 0 fully saturated rings. The van der Waals surface area contributed by atoms with Gasteiger partial charge in [-0.2, -0.15) is 0 Å². The van der Waals surface area contributed by atoms with Crippen molar-refractivity contribution < 1.29 is 19.0 Å². The highest BCUT2D eigenvalue weighted by molar-refractivity contribution is 5.69. The maximum absolute atomic E-state index is 12.8. The summed E-state index contributed by atoms with van der Waals surface area (Å²) in [5.41, 5.74) is 0.777. The topological polar surface area (TPSA) is 46.5 Å². The van der Waals surface area contributed by atoms with E-state index in [0.29, 0.717) is 12.8 Å². The second kappa shape index (κ2) is 6.95. The minimum Gasteiger partial charge on any atom is -0.466 e. The molecule has 0 amide bonds. The van der Waals surface area contributed by atoms with Gasteiger partial charge < -0.3 is 9.84 Å². The Morgan fingerprint density at radius 3 is 2.94 bits per heavy atom. The molecule has 0 bridgehead atoms. The zero-order valence-electron chi connectivity index (χ0n) is 8.99. The van der Waals surface area contributed by atoms with Crippen LogP contribution in [0.25, 0.3) is 0 Å². The number of rotatable bonds is 6. The van der Waals surface area contributed by atoms with Gasteiger partial charge in [0, 0.05) is 19.4 Å². The average Bonchev–Trinajstić information content (AvgIpc) is 2.27. The van der Waals surface area contributed by atoms with Crippen molar-refractivity contribution in [1.82, 2.24) is 0 Å². The summed E-state index contributed by atoms with van der Waals surface area (Å²) < 4.78 is 17.6. The number of hydrogen-bond acceptors (Lipinski definition) is 3. The van der Waals surface area contributed by atoms with Crippen LogP contribution in [0, 0.1) is 5.82 Å². The number of hydrogen-bond donors (Lipinski definition) is 1. The van der Waals surface area contributed by atoms with E-state index in [-0.39, 0.29) is 31.4 Å². The lowest BCUT2D eigenvalue weighted by molar-refractivity contribution is -0.143. The molecule has 0 heterocycles. The molecule has 0 aliphatic heterocycles. The summed E-state index contributed by atoms with van der Waals surface area (Å²) >= 11 is 0. The predicted octanol–water partition coefficient (Wildman–Crippen LogP) is 1.68. The van der Waals surface area contributed by atoms with Crippen molar-refractivity contribution in [2.45, 2.75) is 19.3 Å². The van der Waals surface area contributed by atoms with Crippen molar-refractivity contribution in [2.24, 2.45) is 0 Å². The molecule has 1 N–H and O–H groups in total. The standard InChI is InChI=1S/C12H15FO3/c13-11-4-1-3-10(9-11)5-6-12(15)16-8-2-7-14/h1,3-4,9,14H,2,5-8H2. The van der Waals surface area contributed by atoms with Gasteiger partial charge in [0.05, 0.1) is 6.61 Å². The Hall–Kier alpha value is -1.42. The van der Waals surface area contributed by atoms with Gasteiger partial charge in [-0.25, -0.2) is 4.39 Å². The molecule has 0 atom stereocenters. The minimum absolute atomic E-state index is 0.0111. The molecule has 0 radical (unpaired) electrons. The van der Waals surface area contributed by atoms with Crippen LogP contribution in [0.2, 0.25) is 0 Å². The first kappa shape index (κ1) is 12.6. The van der Waals surface area contributed by atoms with Crippen molar-refractivity contribution in [3.63, 3.8) is 0 Å². The number of benzene rings is 1. The number of carbonyl (C=O) groups is 1. The molecule has 1 rings (SSSR count). The van der Waals surface area contributed by atoms with E-state index in [1.54, 1.807) is 12.1 Å². The molecule has 0 saturated heterocycles. The first-order valence-electron chi connectivity index (χ1n) is 5.23. The van der Waals surface area contributed by atoms with Gasteiger partial charge in [-0.3, -0.25) is 4.79 Å². The molecule has 0 saturated carbocycles. The number of aliphatic hydroxyl groups is 1. The van der Waals surface area contributed by atoms with Crippen molar-refractivity contribution in [1.29, 1.82) is 0 Å². The van der Waals surface area contributed by atoms with Gasteiger partial charge in [0.2, 0.25) is 0 Å². The van der Waals surface area contributed by atoms with E-state index in [9.17, 15) is 9.18 Å². The summed E-state index contributed by atoms with van der Waals surface area (Å²) in [5.74, 6) is -0.621. The zero-order chi connectivity index (χ0) is 11.8. The maximum Gasteiger partial charge on any atom is 0.306 e. The fraction of sp³-hybridized carbons (Fsp3) is 0.417. The molecular weight excluding hydrogens is 211 g/mol. The number of halogens is 1. The Balaban J connectivity index is 2.26. The highest BCUT2D eigenvalue weighted by Gasteiger charge is 2.03. The minimum atomic E-state index is -0.322. The number of aryl methyl sites for hydroxylation is 1. The van der Waals surface area contributed by atoms with Crippen molar-refractivity contribution in [2.75, 3.05) is 13.2 Å². The van der Waals surface area contributed by atoms with Gasteiger partial charge in [-0.15, -0.1) is 0 Å². The number of carbonyl (C=O) groups excluding carboxylic acids is 1. The zero-order valence-corrected chi connectivity index (χ0v) is 8.99.